The molecule has 3 rings (SSSR count). The number of likely N-dealkylation sites (tertiary alicyclic amines) is 1. The number of nitrogens with one attached hydrogen (secondary N) is 1. The second-order valence-corrected chi connectivity index (χ2v) is 6.67. The van der Waals surface area contributed by atoms with E-state index < -0.39 is 0 Å². The minimum Gasteiger partial charge on any atom is -0.357 e. The van der Waals surface area contributed by atoms with Gasteiger partial charge in [0.2, 0.25) is 0 Å². The highest BCUT2D eigenvalue weighted by Crippen LogP contribution is 2.26. The summed E-state index contributed by atoms with van der Waals surface area (Å²) in [6.07, 6.45) is 10.00. The molecule has 1 aliphatic heterocycles. The summed E-state index contributed by atoms with van der Waals surface area (Å²) in [6, 6.07) is 2.09. The fraction of sp³-hybridized carbons (Fsp3) is 0.526. The van der Waals surface area contributed by atoms with Crippen molar-refractivity contribution in [3.63, 3.8) is 0 Å². The number of aryl methyl sites for hydroxylation is 2. The standard InChI is InChI=1S/C19H28N6.HI/c1-4-21-19(22-9-6-16-5-8-20-11-15(16)2)25-10-7-17(14-25)18-12-23-24(3)13-18;/h5,8,11-13,17H,4,6-7,9-10,14H2,1-3H3,(H,21,22);1H. The van der Waals surface area contributed by atoms with Gasteiger partial charge in [0.05, 0.1) is 6.20 Å². The third-order valence-electron chi connectivity index (χ3n) is 4.80. The zero-order valence-electron chi connectivity index (χ0n) is 15.9. The van der Waals surface area contributed by atoms with Crippen molar-refractivity contribution >= 4 is 29.9 Å². The Hall–Kier alpha value is -1.64. The lowest BCUT2D eigenvalue weighted by Gasteiger charge is -2.21. The normalized spacial score (nSPS) is 17.3. The van der Waals surface area contributed by atoms with Crippen LogP contribution >= 0.6 is 24.0 Å². The fourth-order valence-electron chi connectivity index (χ4n) is 3.37. The van der Waals surface area contributed by atoms with Gasteiger partial charge in [-0.2, -0.15) is 5.10 Å². The lowest BCUT2D eigenvalue weighted by Crippen LogP contribution is -2.40. The van der Waals surface area contributed by atoms with Crippen LogP contribution in [-0.2, 0) is 13.5 Å². The zero-order valence-corrected chi connectivity index (χ0v) is 18.2. The number of aromatic nitrogens is 3. The predicted octanol–water partition coefficient (Wildman–Crippen LogP) is 2.74. The molecule has 0 aromatic carbocycles. The molecule has 6 nitrogen and oxygen atoms in total. The van der Waals surface area contributed by atoms with Gasteiger partial charge in [-0.1, -0.05) is 0 Å². The van der Waals surface area contributed by atoms with Crippen LogP contribution in [0.25, 0.3) is 0 Å². The van der Waals surface area contributed by atoms with E-state index >= 15 is 0 Å². The first kappa shape index (κ1) is 20.7. The lowest BCUT2D eigenvalue weighted by molar-refractivity contribution is 0.486. The first-order chi connectivity index (χ1) is 12.2. The minimum absolute atomic E-state index is 0. The molecule has 1 aliphatic rings. The summed E-state index contributed by atoms with van der Waals surface area (Å²) in [6.45, 7) is 7.96. The van der Waals surface area contributed by atoms with Crippen molar-refractivity contribution in [1.29, 1.82) is 0 Å². The molecule has 1 N–H and O–H groups in total. The Balaban J connectivity index is 0.00000243. The van der Waals surface area contributed by atoms with Crippen LogP contribution in [0, 0.1) is 6.92 Å². The summed E-state index contributed by atoms with van der Waals surface area (Å²) >= 11 is 0. The summed E-state index contributed by atoms with van der Waals surface area (Å²) in [4.78, 5) is 11.4. The van der Waals surface area contributed by atoms with Crippen LogP contribution < -0.4 is 5.32 Å². The Kier molecular flexibility index (Phi) is 7.86. The van der Waals surface area contributed by atoms with Gasteiger partial charge in [-0.3, -0.25) is 14.7 Å². The van der Waals surface area contributed by atoms with Gasteiger partial charge in [0.1, 0.15) is 0 Å². The van der Waals surface area contributed by atoms with Crippen molar-refractivity contribution < 1.29 is 0 Å². The predicted molar refractivity (Wildman–Crippen MR) is 116 cm³/mol. The molecule has 1 unspecified atom stereocenters. The molecule has 2 aromatic rings. The highest BCUT2D eigenvalue weighted by molar-refractivity contribution is 14.0. The molecule has 0 saturated carbocycles. The van der Waals surface area contributed by atoms with E-state index in [1.165, 1.54) is 16.7 Å². The third kappa shape index (κ3) is 5.18. The molecule has 2 aromatic heterocycles. The number of aliphatic imine (C=N–C) groups is 1. The Morgan fingerprint density at radius 1 is 1.38 bits per heavy atom. The summed E-state index contributed by atoms with van der Waals surface area (Å²) in [5.74, 6) is 1.57. The van der Waals surface area contributed by atoms with Crippen molar-refractivity contribution in [1.82, 2.24) is 25.0 Å². The van der Waals surface area contributed by atoms with Gasteiger partial charge in [-0.25, -0.2) is 0 Å². The maximum absolute atomic E-state index is 4.86. The molecule has 0 bridgehead atoms. The maximum Gasteiger partial charge on any atom is 0.193 e. The number of nitrogens with zero attached hydrogens (tertiary/aromatic N) is 5. The number of pyridine rings is 1. The average Bonchev–Trinajstić information content (AvgIpc) is 3.24. The van der Waals surface area contributed by atoms with E-state index in [1.54, 1.807) is 0 Å². The molecule has 3 heterocycles. The Morgan fingerprint density at radius 3 is 2.92 bits per heavy atom. The molecule has 0 radical (unpaired) electrons. The largest absolute Gasteiger partial charge is 0.357 e. The van der Waals surface area contributed by atoms with E-state index in [9.17, 15) is 0 Å². The topological polar surface area (TPSA) is 58.3 Å². The van der Waals surface area contributed by atoms with Crippen LogP contribution in [0.1, 0.15) is 36.0 Å². The van der Waals surface area contributed by atoms with Crippen molar-refractivity contribution in [2.24, 2.45) is 12.0 Å². The second kappa shape index (κ2) is 9.89. The smallest absolute Gasteiger partial charge is 0.193 e. The van der Waals surface area contributed by atoms with E-state index in [0.717, 1.165) is 45.0 Å². The van der Waals surface area contributed by atoms with Crippen molar-refractivity contribution in [3.8, 4) is 0 Å². The number of halogens is 1. The summed E-state index contributed by atoms with van der Waals surface area (Å²) in [5.41, 5.74) is 3.89. The Morgan fingerprint density at radius 2 is 2.23 bits per heavy atom. The zero-order chi connectivity index (χ0) is 17.6. The van der Waals surface area contributed by atoms with Gasteiger partial charge in [-0.05, 0) is 49.4 Å². The molecule has 1 saturated heterocycles. The average molecular weight is 468 g/mol. The van der Waals surface area contributed by atoms with Gasteiger partial charge in [0.25, 0.3) is 0 Å². The lowest BCUT2D eigenvalue weighted by atomic mass is 10.0. The molecule has 1 atom stereocenters. The van der Waals surface area contributed by atoms with Crippen molar-refractivity contribution in [2.45, 2.75) is 32.6 Å². The number of guanidine groups is 1. The summed E-state index contributed by atoms with van der Waals surface area (Å²) in [7, 11) is 1.98. The van der Waals surface area contributed by atoms with E-state index in [2.05, 4.69) is 46.4 Å². The van der Waals surface area contributed by atoms with E-state index in [-0.39, 0.29) is 24.0 Å². The van der Waals surface area contributed by atoms with Crippen LogP contribution in [-0.4, -0.2) is 51.8 Å². The molecule has 7 heteroatoms. The third-order valence-corrected chi connectivity index (χ3v) is 4.80. The molecule has 0 aliphatic carbocycles. The molecule has 142 valence electrons. The van der Waals surface area contributed by atoms with Crippen LogP contribution in [0.2, 0.25) is 0 Å². The number of hydrogen-bond donors (Lipinski definition) is 1. The molecular formula is C19H29IN6. The SMILES string of the molecule is CCNC(=NCCc1ccncc1C)N1CCC(c2cnn(C)c2)C1.I. The molecular weight excluding hydrogens is 439 g/mol. The number of rotatable bonds is 5. The minimum atomic E-state index is 0. The Bertz CT molecular complexity index is 726. The molecule has 1 fully saturated rings. The van der Waals surface area contributed by atoms with Crippen LogP contribution in [0.4, 0.5) is 0 Å². The van der Waals surface area contributed by atoms with Crippen LogP contribution in [0.5, 0.6) is 0 Å². The van der Waals surface area contributed by atoms with Crippen LogP contribution in [0.15, 0.2) is 35.8 Å². The molecule has 0 spiro atoms. The van der Waals surface area contributed by atoms with Gasteiger partial charge in [0, 0.05) is 57.7 Å². The van der Waals surface area contributed by atoms with Crippen molar-refractivity contribution in [3.05, 3.63) is 47.5 Å². The van der Waals surface area contributed by atoms with E-state index in [0.29, 0.717) is 5.92 Å². The monoisotopic (exact) mass is 468 g/mol. The fourth-order valence-corrected chi connectivity index (χ4v) is 3.37. The first-order valence-electron chi connectivity index (χ1n) is 9.08. The van der Waals surface area contributed by atoms with E-state index in [1.807, 2.05) is 30.3 Å². The summed E-state index contributed by atoms with van der Waals surface area (Å²) in [5, 5.41) is 7.75. The second-order valence-electron chi connectivity index (χ2n) is 6.67. The van der Waals surface area contributed by atoms with Crippen molar-refractivity contribution in [2.75, 3.05) is 26.2 Å². The highest BCUT2D eigenvalue weighted by atomic mass is 127. The Labute approximate surface area is 173 Å². The number of hydrogen-bond acceptors (Lipinski definition) is 3. The maximum atomic E-state index is 4.86. The highest BCUT2D eigenvalue weighted by Gasteiger charge is 2.26. The molecule has 26 heavy (non-hydrogen) atoms. The van der Waals surface area contributed by atoms with Gasteiger partial charge >= 0.3 is 0 Å². The summed E-state index contributed by atoms with van der Waals surface area (Å²) < 4.78 is 1.88. The molecule has 0 amide bonds. The van der Waals surface area contributed by atoms with Gasteiger partial charge < -0.3 is 10.2 Å². The van der Waals surface area contributed by atoms with Crippen LogP contribution in [0.3, 0.4) is 0 Å². The van der Waals surface area contributed by atoms with Gasteiger partial charge in [-0.15, -0.1) is 24.0 Å². The quantitative estimate of drug-likeness (QED) is 0.417. The van der Waals surface area contributed by atoms with Gasteiger partial charge in [0.15, 0.2) is 5.96 Å². The van der Waals surface area contributed by atoms with E-state index in [4.69, 9.17) is 4.99 Å². The first-order valence-corrected chi connectivity index (χ1v) is 9.08.